The molecule has 1 aromatic carbocycles. The zero-order chi connectivity index (χ0) is 14.0. The molecular formula is C14H23NO2S. The number of rotatable bonds is 5. The minimum atomic E-state index is -3.15. The van der Waals surface area contributed by atoms with Crippen LogP contribution >= 0.6 is 0 Å². The third-order valence-corrected chi connectivity index (χ3v) is 5.71. The van der Waals surface area contributed by atoms with Gasteiger partial charge in [-0.05, 0) is 38.4 Å². The second-order valence-electron chi connectivity index (χ2n) is 5.22. The van der Waals surface area contributed by atoms with Crippen molar-refractivity contribution >= 4 is 9.84 Å². The van der Waals surface area contributed by atoms with Crippen LogP contribution < -0.4 is 5.32 Å². The van der Waals surface area contributed by atoms with Crippen LogP contribution in [0.15, 0.2) is 24.3 Å². The molecule has 3 nitrogen and oxygen atoms in total. The van der Waals surface area contributed by atoms with Gasteiger partial charge >= 0.3 is 0 Å². The van der Waals surface area contributed by atoms with Crippen LogP contribution in [0.25, 0.3) is 0 Å². The molecule has 0 aliphatic heterocycles. The number of benzene rings is 1. The lowest BCUT2D eigenvalue weighted by Gasteiger charge is -2.34. The summed E-state index contributed by atoms with van der Waals surface area (Å²) in [6, 6.07) is 7.73. The molecule has 4 heteroatoms. The molecule has 18 heavy (non-hydrogen) atoms. The van der Waals surface area contributed by atoms with Gasteiger partial charge in [-0.15, -0.1) is 0 Å². The van der Waals surface area contributed by atoms with Crippen LogP contribution in [0.5, 0.6) is 0 Å². The summed E-state index contributed by atoms with van der Waals surface area (Å²) in [4.78, 5) is 0. The highest BCUT2D eigenvalue weighted by Gasteiger charge is 2.39. The van der Waals surface area contributed by atoms with E-state index in [0.717, 1.165) is 17.7 Å². The van der Waals surface area contributed by atoms with Gasteiger partial charge in [-0.25, -0.2) is 8.42 Å². The predicted molar refractivity (Wildman–Crippen MR) is 76.5 cm³/mol. The summed E-state index contributed by atoms with van der Waals surface area (Å²) in [5.74, 6) is 0. The largest absolute Gasteiger partial charge is 0.309 e. The van der Waals surface area contributed by atoms with E-state index in [1.165, 1.54) is 6.26 Å². The minimum Gasteiger partial charge on any atom is -0.309 e. The van der Waals surface area contributed by atoms with Crippen LogP contribution in [-0.4, -0.2) is 26.0 Å². The molecule has 0 heterocycles. The Morgan fingerprint density at radius 1 is 1.28 bits per heavy atom. The van der Waals surface area contributed by atoms with Crippen molar-refractivity contribution in [2.75, 3.05) is 12.8 Å². The SMILES string of the molecule is CCNC(c1ccccc1C)C(C)(C)S(C)(=O)=O. The number of aryl methyl sites for hydroxylation is 1. The Balaban J connectivity index is 3.32. The average molecular weight is 269 g/mol. The van der Waals surface area contributed by atoms with Crippen LogP contribution in [0, 0.1) is 6.92 Å². The van der Waals surface area contributed by atoms with E-state index in [2.05, 4.69) is 5.32 Å². The second kappa shape index (κ2) is 5.41. The van der Waals surface area contributed by atoms with E-state index in [1.807, 2.05) is 38.1 Å². The number of nitrogens with one attached hydrogen (secondary N) is 1. The van der Waals surface area contributed by atoms with E-state index in [0.29, 0.717) is 0 Å². The number of hydrogen-bond donors (Lipinski definition) is 1. The van der Waals surface area contributed by atoms with Crippen molar-refractivity contribution in [3.8, 4) is 0 Å². The highest BCUT2D eigenvalue weighted by molar-refractivity contribution is 7.92. The fourth-order valence-corrected chi connectivity index (χ4v) is 2.70. The first kappa shape index (κ1) is 15.2. The maximum Gasteiger partial charge on any atom is 0.154 e. The topological polar surface area (TPSA) is 46.2 Å². The molecule has 0 saturated carbocycles. The first-order valence-corrected chi connectivity index (χ1v) is 8.09. The molecule has 0 aromatic heterocycles. The van der Waals surface area contributed by atoms with E-state index >= 15 is 0 Å². The quantitative estimate of drug-likeness (QED) is 0.893. The fraction of sp³-hybridized carbons (Fsp3) is 0.571. The first-order chi connectivity index (χ1) is 8.21. The Kier molecular flexibility index (Phi) is 4.56. The normalized spacial score (nSPS) is 14.5. The molecule has 0 fully saturated rings. The molecule has 0 radical (unpaired) electrons. The Bertz CT molecular complexity index is 506. The van der Waals surface area contributed by atoms with E-state index in [1.54, 1.807) is 13.8 Å². The monoisotopic (exact) mass is 269 g/mol. The lowest BCUT2D eigenvalue weighted by Crippen LogP contribution is -2.45. The van der Waals surface area contributed by atoms with Crippen molar-refractivity contribution in [2.24, 2.45) is 0 Å². The van der Waals surface area contributed by atoms with Crippen molar-refractivity contribution < 1.29 is 8.42 Å². The Hall–Kier alpha value is -0.870. The lowest BCUT2D eigenvalue weighted by molar-refractivity contribution is 0.427. The first-order valence-electron chi connectivity index (χ1n) is 6.20. The molecule has 1 atom stereocenters. The molecule has 1 N–H and O–H groups in total. The van der Waals surface area contributed by atoms with Gasteiger partial charge in [0.15, 0.2) is 9.84 Å². The smallest absolute Gasteiger partial charge is 0.154 e. The summed E-state index contributed by atoms with van der Waals surface area (Å²) in [6.07, 6.45) is 1.30. The fourth-order valence-electron chi connectivity index (χ4n) is 2.06. The van der Waals surface area contributed by atoms with Gasteiger partial charge in [0.25, 0.3) is 0 Å². The van der Waals surface area contributed by atoms with Gasteiger partial charge in [-0.3, -0.25) is 0 Å². The average Bonchev–Trinajstić information content (AvgIpc) is 2.25. The van der Waals surface area contributed by atoms with Crippen LogP contribution in [0.3, 0.4) is 0 Å². The predicted octanol–water partition coefficient (Wildman–Crippen LogP) is 2.47. The third-order valence-electron chi connectivity index (χ3n) is 3.56. The van der Waals surface area contributed by atoms with Gasteiger partial charge in [0.05, 0.1) is 10.8 Å². The standard InChI is InChI=1S/C14H23NO2S/c1-6-15-13(14(3,4)18(5,16)17)12-10-8-7-9-11(12)2/h7-10,13,15H,6H2,1-5H3. The number of hydrogen-bond acceptors (Lipinski definition) is 3. The van der Waals surface area contributed by atoms with Gasteiger partial charge in [0.1, 0.15) is 0 Å². The maximum atomic E-state index is 12.0. The lowest BCUT2D eigenvalue weighted by atomic mass is 9.92. The van der Waals surface area contributed by atoms with E-state index in [-0.39, 0.29) is 6.04 Å². The summed E-state index contributed by atoms with van der Waals surface area (Å²) >= 11 is 0. The summed E-state index contributed by atoms with van der Waals surface area (Å²) < 4.78 is 23.2. The van der Waals surface area contributed by atoms with Crippen molar-refractivity contribution in [3.63, 3.8) is 0 Å². The van der Waals surface area contributed by atoms with Crippen LogP contribution in [0.1, 0.15) is 37.9 Å². The van der Waals surface area contributed by atoms with Crippen molar-refractivity contribution in [3.05, 3.63) is 35.4 Å². The van der Waals surface area contributed by atoms with Gasteiger partial charge in [0, 0.05) is 6.26 Å². The van der Waals surface area contributed by atoms with E-state index in [4.69, 9.17) is 0 Å². The van der Waals surface area contributed by atoms with Crippen molar-refractivity contribution in [2.45, 2.75) is 38.5 Å². The molecule has 0 bridgehead atoms. The summed E-state index contributed by atoms with van der Waals surface area (Å²) in [7, 11) is -3.15. The Morgan fingerprint density at radius 2 is 1.83 bits per heavy atom. The minimum absolute atomic E-state index is 0.196. The maximum absolute atomic E-state index is 12.0. The second-order valence-corrected chi connectivity index (χ2v) is 7.82. The molecule has 0 saturated heterocycles. The Labute approximate surface area is 111 Å². The third kappa shape index (κ3) is 2.93. The van der Waals surface area contributed by atoms with Crippen LogP contribution in [0.4, 0.5) is 0 Å². The van der Waals surface area contributed by atoms with E-state index < -0.39 is 14.6 Å². The van der Waals surface area contributed by atoms with Gasteiger partial charge in [-0.2, -0.15) is 0 Å². The zero-order valence-corrected chi connectivity index (χ0v) is 12.6. The van der Waals surface area contributed by atoms with E-state index in [9.17, 15) is 8.42 Å². The van der Waals surface area contributed by atoms with Crippen molar-refractivity contribution in [1.82, 2.24) is 5.32 Å². The molecular weight excluding hydrogens is 246 g/mol. The molecule has 0 aliphatic rings. The highest BCUT2D eigenvalue weighted by atomic mass is 32.2. The molecule has 1 unspecified atom stereocenters. The Morgan fingerprint density at radius 3 is 2.28 bits per heavy atom. The van der Waals surface area contributed by atoms with Gasteiger partial charge in [0.2, 0.25) is 0 Å². The van der Waals surface area contributed by atoms with Crippen LogP contribution in [-0.2, 0) is 9.84 Å². The highest BCUT2D eigenvalue weighted by Crippen LogP contribution is 2.33. The summed E-state index contributed by atoms with van der Waals surface area (Å²) in [5.41, 5.74) is 2.16. The van der Waals surface area contributed by atoms with Gasteiger partial charge < -0.3 is 5.32 Å². The summed E-state index contributed by atoms with van der Waals surface area (Å²) in [6.45, 7) is 8.30. The molecule has 1 rings (SSSR count). The molecule has 0 aliphatic carbocycles. The van der Waals surface area contributed by atoms with Crippen molar-refractivity contribution in [1.29, 1.82) is 0 Å². The van der Waals surface area contributed by atoms with Gasteiger partial charge in [-0.1, -0.05) is 31.2 Å². The number of sulfone groups is 1. The van der Waals surface area contributed by atoms with Crippen LogP contribution in [0.2, 0.25) is 0 Å². The molecule has 0 amide bonds. The molecule has 102 valence electrons. The summed E-state index contributed by atoms with van der Waals surface area (Å²) in [5, 5.41) is 3.31. The molecule has 1 aromatic rings. The molecule has 0 spiro atoms. The zero-order valence-electron chi connectivity index (χ0n) is 11.8.